The van der Waals surface area contributed by atoms with Gasteiger partial charge in [-0.25, -0.2) is 0 Å². The number of halogens is 1. The molecule has 1 fully saturated rings. The first kappa shape index (κ1) is 25.7. The van der Waals surface area contributed by atoms with E-state index in [1.54, 1.807) is 7.05 Å². The Balaban J connectivity index is 0.00000420. The maximum Gasteiger partial charge on any atom is 0.227 e. The Morgan fingerprint density at radius 1 is 1.03 bits per heavy atom. The highest BCUT2D eigenvalue weighted by Gasteiger charge is 2.27. The van der Waals surface area contributed by atoms with E-state index in [2.05, 4.69) is 50.1 Å². The van der Waals surface area contributed by atoms with E-state index in [-0.39, 0.29) is 29.9 Å². The second-order valence-electron chi connectivity index (χ2n) is 8.18. The van der Waals surface area contributed by atoms with Crippen molar-refractivity contribution in [2.45, 2.75) is 53.1 Å². The van der Waals surface area contributed by atoms with Gasteiger partial charge in [-0.3, -0.25) is 14.7 Å². The fraction of sp³-hybridized carbons (Fsp3) is 0.636. The second-order valence-corrected chi connectivity index (χ2v) is 8.18. The molecule has 0 aromatic heterocycles. The maximum absolute atomic E-state index is 12.1. The van der Waals surface area contributed by atoms with Gasteiger partial charge in [-0.1, -0.05) is 30.7 Å². The third-order valence-corrected chi connectivity index (χ3v) is 5.21. The number of rotatable bonds is 8. The van der Waals surface area contributed by atoms with E-state index < -0.39 is 5.41 Å². The summed E-state index contributed by atoms with van der Waals surface area (Å²) in [7, 11) is 1.75. The molecule has 0 atom stereocenters. The Labute approximate surface area is 193 Å². The molecule has 29 heavy (non-hydrogen) atoms. The summed E-state index contributed by atoms with van der Waals surface area (Å²) in [6.07, 6.45) is 4.02. The first-order valence-corrected chi connectivity index (χ1v) is 10.5. The average Bonchev–Trinajstić information content (AvgIpc) is 2.70. The number of guanidine groups is 1. The summed E-state index contributed by atoms with van der Waals surface area (Å²) in [5.74, 6) is 0.747. The number of hydrogen-bond donors (Lipinski definition) is 3. The Morgan fingerprint density at radius 2 is 1.66 bits per heavy atom. The Morgan fingerprint density at radius 3 is 2.24 bits per heavy atom. The van der Waals surface area contributed by atoms with Crippen LogP contribution in [-0.2, 0) is 17.9 Å². The van der Waals surface area contributed by atoms with Crippen molar-refractivity contribution in [2.24, 2.45) is 10.4 Å². The lowest BCUT2D eigenvalue weighted by Crippen LogP contribution is -2.47. The summed E-state index contributed by atoms with van der Waals surface area (Å²) in [6.45, 7) is 11.1. The summed E-state index contributed by atoms with van der Waals surface area (Å²) < 4.78 is 0. The van der Waals surface area contributed by atoms with Crippen molar-refractivity contribution in [3.05, 3.63) is 35.4 Å². The molecule has 3 N–H and O–H groups in total. The molecule has 1 aliphatic heterocycles. The minimum atomic E-state index is -0.496. The second kappa shape index (κ2) is 13.1. The van der Waals surface area contributed by atoms with E-state index in [9.17, 15) is 4.79 Å². The van der Waals surface area contributed by atoms with Gasteiger partial charge in [0.05, 0.1) is 5.41 Å². The number of benzene rings is 1. The number of carbonyl (C=O) groups excluding carboxylic acids is 1. The van der Waals surface area contributed by atoms with Crippen LogP contribution < -0.4 is 16.0 Å². The number of hydrogen-bond acceptors (Lipinski definition) is 3. The molecule has 164 valence electrons. The first-order chi connectivity index (χ1) is 13.4. The van der Waals surface area contributed by atoms with Gasteiger partial charge in [0.2, 0.25) is 5.91 Å². The number of likely N-dealkylation sites (tertiary alicyclic amines) is 1. The molecular weight excluding hydrogens is 477 g/mol. The van der Waals surface area contributed by atoms with Crippen molar-refractivity contribution in [3.8, 4) is 0 Å². The van der Waals surface area contributed by atoms with Crippen LogP contribution in [0, 0.1) is 5.41 Å². The van der Waals surface area contributed by atoms with Crippen LogP contribution in [0.25, 0.3) is 0 Å². The van der Waals surface area contributed by atoms with Gasteiger partial charge < -0.3 is 16.0 Å². The number of carbonyl (C=O) groups is 1. The summed E-state index contributed by atoms with van der Waals surface area (Å²) >= 11 is 0. The van der Waals surface area contributed by atoms with E-state index in [0.717, 1.165) is 6.54 Å². The topological polar surface area (TPSA) is 68.8 Å². The minimum Gasteiger partial charge on any atom is -0.356 e. The van der Waals surface area contributed by atoms with Gasteiger partial charge in [-0.05, 0) is 57.8 Å². The first-order valence-electron chi connectivity index (χ1n) is 10.5. The van der Waals surface area contributed by atoms with Crippen LogP contribution in [0.1, 0.15) is 51.2 Å². The van der Waals surface area contributed by atoms with Gasteiger partial charge in [0.25, 0.3) is 0 Å². The van der Waals surface area contributed by atoms with Crippen LogP contribution in [0.15, 0.2) is 29.3 Å². The van der Waals surface area contributed by atoms with Gasteiger partial charge in [-0.15, -0.1) is 24.0 Å². The molecule has 1 aromatic carbocycles. The van der Waals surface area contributed by atoms with E-state index in [4.69, 9.17) is 0 Å². The molecule has 1 saturated heterocycles. The summed E-state index contributed by atoms with van der Waals surface area (Å²) in [5, 5.41) is 9.46. The van der Waals surface area contributed by atoms with Crippen molar-refractivity contribution in [1.29, 1.82) is 0 Å². The van der Waals surface area contributed by atoms with E-state index >= 15 is 0 Å². The van der Waals surface area contributed by atoms with Gasteiger partial charge in [0, 0.05) is 33.2 Å². The van der Waals surface area contributed by atoms with Crippen LogP contribution in [0.2, 0.25) is 0 Å². The molecule has 6 nitrogen and oxygen atoms in total. The molecule has 0 radical (unpaired) electrons. The smallest absolute Gasteiger partial charge is 0.227 e. The van der Waals surface area contributed by atoms with Crippen molar-refractivity contribution in [2.75, 3.05) is 33.2 Å². The molecule has 1 amide bonds. The van der Waals surface area contributed by atoms with Gasteiger partial charge >= 0.3 is 0 Å². The summed E-state index contributed by atoms with van der Waals surface area (Å²) in [4.78, 5) is 18.9. The van der Waals surface area contributed by atoms with Crippen molar-refractivity contribution < 1.29 is 4.79 Å². The molecular formula is C22H38IN5O. The lowest BCUT2D eigenvalue weighted by atomic mass is 9.92. The highest BCUT2D eigenvalue weighted by molar-refractivity contribution is 14.0. The van der Waals surface area contributed by atoms with Crippen LogP contribution >= 0.6 is 24.0 Å². The predicted molar refractivity (Wildman–Crippen MR) is 132 cm³/mol. The third kappa shape index (κ3) is 8.90. The zero-order chi connectivity index (χ0) is 20.4. The largest absolute Gasteiger partial charge is 0.356 e. The van der Waals surface area contributed by atoms with Crippen molar-refractivity contribution in [3.63, 3.8) is 0 Å². The Bertz CT molecular complexity index is 639. The fourth-order valence-corrected chi connectivity index (χ4v) is 3.33. The van der Waals surface area contributed by atoms with Crippen LogP contribution in [0.3, 0.4) is 0 Å². The molecule has 0 unspecified atom stereocenters. The number of nitrogens with zero attached hydrogens (tertiary/aromatic N) is 2. The van der Waals surface area contributed by atoms with Gasteiger partial charge in [0.1, 0.15) is 0 Å². The highest BCUT2D eigenvalue weighted by Crippen LogP contribution is 2.14. The van der Waals surface area contributed by atoms with Crippen LogP contribution in [-0.4, -0.2) is 50.0 Å². The van der Waals surface area contributed by atoms with E-state index in [0.29, 0.717) is 25.6 Å². The normalized spacial score (nSPS) is 15.4. The lowest BCUT2D eigenvalue weighted by Gasteiger charge is -2.26. The average molecular weight is 515 g/mol. The highest BCUT2D eigenvalue weighted by atomic mass is 127. The number of nitrogens with one attached hydrogen (secondary N) is 3. The minimum absolute atomic E-state index is 0. The van der Waals surface area contributed by atoms with Crippen molar-refractivity contribution in [1.82, 2.24) is 20.9 Å². The van der Waals surface area contributed by atoms with E-state index in [1.807, 2.05) is 20.8 Å². The standard InChI is InChI=1S/C22H37N5O.HI/c1-5-24-20(28)22(2,3)17-26-21(23-4)25-15-18-9-11-19(12-10-18)16-27-13-7-6-8-14-27;/h9-12H,5-8,13-17H2,1-4H3,(H,24,28)(H2,23,25,26);1H. The van der Waals surface area contributed by atoms with Crippen molar-refractivity contribution >= 4 is 35.8 Å². The molecule has 1 heterocycles. The lowest BCUT2D eigenvalue weighted by molar-refractivity contribution is -0.128. The van der Waals surface area contributed by atoms with Gasteiger partial charge in [0.15, 0.2) is 5.96 Å². The number of aliphatic imine (C=N–C) groups is 1. The van der Waals surface area contributed by atoms with Crippen LogP contribution in [0.5, 0.6) is 0 Å². The fourth-order valence-electron chi connectivity index (χ4n) is 3.33. The molecule has 0 bridgehead atoms. The van der Waals surface area contributed by atoms with Crippen LogP contribution in [0.4, 0.5) is 0 Å². The summed E-state index contributed by atoms with van der Waals surface area (Å²) in [6, 6.07) is 8.80. The zero-order valence-electron chi connectivity index (χ0n) is 18.4. The Hall–Kier alpha value is -1.35. The maximum atomic E-state index is 12.1. The molecule has 0 saturated carbocycles. The number of piperidine rings is 1. The monoisotopic (exact) mass is 515 g/mol. The van der Waals surface area contributed by atoms with E-state index in [1.165, 1.54) is 43.5 Å². The number of amides is 1. The molecule has 2 rings (SSSR count). The molecule has 0 aliphatic carbocycles. The quantitative estimate of drug-likeness (QED) is 0.283. The summed E-state index contributed by atoms with van der Waals surface area (Å²) in [5.41, 5.74) is 2.09. The van der Waals surface area contributed by atoms with Gasteiger partial charge in [-0.2, -0.15) is 0 Å². The molecule has 0 spiro atoms. The molecule has 1 aliphatic rings. The third-order valence-electron chi connectivity index (χ3n) is 5.21. The predicted octanol–water partition coefficient (Wildman–Crippen LogP) is 3.12. The Kier molecular flexibility index (Phi) is 11.6. The zero-order valence-corrected chi connectivity index (χ0v) is 20.7. The molecule has 1 aromatic rings. The molecule has 7 heteroatoms. The SMILES string of the molecule is CCNC(=O)C(C)(C)CNC(=NC)NCc1ccc(CN2CCCCC2)cc1.I.